The second-order valence-electron chi connectivity index (χ2n) is 5.59. The molecule has 3 rings (SSSR count). The fourth-order valence-corrected chi connectivity index (χ4v) is 2.81. The second-order valence-corrected chi connectivity index (χ2v) is 5.59. The van der Waals surface area contributed by atoms with Gasteiger partial charge in [0.15, 0.2) is 0 Å². The molecule has 0 radical (unpaired) electrons. The highest BCUT2D eigenvalue weighted by Crippen LogP contribution is 2.15. The van der Waals surface area contributed by atoms with Gasteiger partial charge in [0, 0.05) is 31.6 Å². The summed E-state index contributed by atoms with van der Waals surface area (Å²) in [6, 6.07) is 8.62. The van der Waals surface area contributed by atoms with E-state index in [4.69, 9.17) is 9.15 Å². The third-order valence-corrected chi connectivity index (χ3v) is 4.09. The molecule has 0 N–H and O–H groups in total. The van der Waals surface area contributed by atoms with E-state index in [9.17, 15) is 14.4 Å². The summed E-state index contributed by atoms with van der Waals surface area (Å²) in [4.78, 5) is 39.5. The van der Waals surface area contributed by atoms with Gasteiger partial charge < -0.3 is 19.0 Å². The molecular weight excluding hydrogens is 312 g/mol. The van der Waals surface area contributed by atoms with E-state index < -0.39 is 11.7 Å². The number of hydrogen-bond acceptors (Lipinski definition) is 5. The molecule has 7 heteroatoms. The Kier molecular flexibility index (Phi) is 4.50. The number of nitrogens with zero attached hydrogens (tertiary/aromatic N) is 2. The number of methoxy groups -OCH3 is 1. The Labute approximate surface area is 138 Å². The minimum absolute atomic E-state index is 0.0141. The van der Waals surface area contributed by atoms with Crippen molar-refractivity contribution in [2.75, 3.05) is 33.3 Å². The first-order valence-corrected chi connectivity index (χ1v) is 7.75. The first-order chi connectivity index (χ1) is 11.6. The lowest BCUT2D eigenvalue weighted by Gasteiger charge is -2.21. The highest BCUT2D eigenvalue weighted by Gasteiger charge is 2.25. The third-order valence-electron chi connectivity index (χ3n) is 4.09. The minimum atomic E-state index is -0.646. The summed E-state index contributed by atoms with van der Waals surface area (Å²) < 4.78 is 9.94. The number of fused-ring (bicyclic) bond motifs is 1. The van der Waals surface area contributed by atoms with Crippen LogP contribution in [0.15, 0.2) is 39.5 Å². The zero-order valence-electron chi connectivity index (χ0n) is 13.4. The number of hydrogen-bond donors (Lipinski definition) is 0. The molecule has 0 unspecified atom stereocenters. The van der Waals surface area contributed by atoms with Crippen LogP contribution in [0.25, 0.3) is 11.0 Å². The molecule has 24 heavy (non-hydrogen) atoms. The SMILES string of the molecule is COC(=O)N1CCCN(C(=O)c2cc3ccccc3oc2=O)CC1. The van der Waals surface area contributed by atoms with Crippen LogP contribution in [-0.4, -0.2) is 55.1 Å². The van der Waals surface area contributed by atoms with E-state index in [0.29, 0.717) is 43.6 Å². The molecule has 0 spiro atoms. The number of para-hydroxylation sites is 1. The lowest BCUT2D eigenvalue weighted by Crippen LogP contribution is -2.38. The van der Waals surface area contributed by atoms with Gasteiger partial charge in [0.2, 0.25) is 0 Å². The average Bonchev–Trinajstić information content (AvgIpc) is 2.86. The Morgan fingerprint density at radius 1 is 1.08 bits per heavy atom. The standard InChI is InChI=1S/C17H18N2O5/c1-23-17(22)19-8-4-7-18(9-10-19)15(20)13-11-12-5-2-3-6-14(12)24-16(13)21/h2-3,5-6,11H,4,7-10H2,1H3. The number of carbonyl (C=O) groups is 2. The number of amides is 2. The maximum absolute atomic E-state index is 12.7. The molecule has 1 aliphatic heterocycles. The van der Waals surface area contributed by atoms with Crippen LogP contribution < -0.4 is 5.63 Å². The van der Waals surface area contributed by atoms with Gasteiger partial charge in [0.1, 0.15) is 11.1 Å². The van der Waals surface area contributed by atoms with Crippen molar-refractivity contribution in [3.05, 3.63) is 46.3 Å². The summed E-state index contributed by atoms with van der Waals surface area (Å²) in [7, 11) is 1.33. The summed E-state index contributed by atoms with van der Waals surface area (Å²) in [5, 5.41) is 0.700. The van der Waals surface area contributed by atoms with Crippen molar-refractivity contribution in [1.29, 1.82) is 0 Å². The number of carbonyl (C=O) groups excluding carboxylic acids is 2. The zero-order valence-corrected chi connectivity index (χ0v) is 13.4. The molecule has 7 nitrogen and oxygen atoms in total. The summed E-state index contributed by atoms with van der Waals surface area (Å²) in [6.45, 7) is 1.71. The van der Waals surface area contributed by atoms with E-state index in [1.54, 1.807) is 34.1 Å². The van der Waals surface area contributed by atoms with Crippen LogP contribution in [0.1, 0.15) is 16.8 Å². The third kappa shape index (κ3) is 3.10. The highest BCUT2D eigenvalue weighted by molar-refractivity contribution is 5.96. The molecule has 1 aromatic carbocycles. The quantitative estimate of drug-likeness (QED) is 0.744. The van der Waals surface area contributed by atoms with Gasteiger partial charge in [0.25, 0.3) is 5.91 Å². The van der Waals surface area contributed by atoms with Crippen molar-refractivity contribution < 1.29 is 18.7 Å². The lowest BCUT2D eigenvalue weighted by atomic mass is 10.1. The van der Waals surface area contributed by atoms with Gasteiger partial charge in [-0.3, -0.25) is 4.79 Å². The molecule has 1 fully saturated rings. The van der Waals surface area contributed by atoms with E-state index in [-0.39, 0.29) is 11.5 Å². The Hall–Kier alpha value is -2.83. The van der Waals surface area contributed by atoms with Gasteiger partial charge in [-0.1, -0.05) is 18.2 Å². The Balaban J connectivity index is 1.83. The van der Waals surface area contributed by atoms with Crippen LogP contribution in [0.5, 0.6) is 0 Å². The molecule has 0 atom stereocenters. The molecule has 0 bridgehead atoms. The van der Waals surface area contributed by atoms with Gasteiger partial charge in [-0.05, 0) is 18.6 Å². The summed E-state index contributed by atoms with van der Waals surface area (Å²) in [5.41, 5.74) is -0.181. The topological polar surface area (TPSA) is 80.1 Å². The van der Waals surface area contributed by atoms with Crippen LogP contribution >= 0.6 is 0 Å². The number of rotatable bonds is 1. The normalized spacial score (nSPS) is 15.2. The van der Waals surface area contributed by atoms with Crippen LogP contribution in [0, 0.1) is 0 Å². The van der Waals surface area contributed by atoms with Gasteiger partial charge >= 0.3 is 11.7 Å². The average molecular weight is 330 g/mol. The summed E-state index contributed by atoms with van der Waals surface area (Å²) in [5.74, 6) is -0.374. The van der Waals surface area contributed by atoms with E-state index in [0.717, 1.165) is 0 Å². The lowest BCUT2D eigenvalue weighted by molar-refractivity contribution is 0.0753. The van der Waals surface area contributed by atoms with Crippen molar-refractivity contribution in [3.8, 4) is 0 Å². The molecule has 2 aromatic rings. The first-order valence-electron chi connectivity index (χ1n) is 7.75. The molecule has 1 saturated heterocycles. The van der Waals surface area contributed by atoms with Gasteiger partial charge in [-0.2, -0.15) is 0 Å². The molecule has 1 aromatic heterocycles. The van der Waals surface area contributed by atoms with Crippen molar-refractivity contribution in [2.45, 2.75) is 6.42 Å². The molecule has 0 saturated carbocycles. The summed E-state index contributed by atoms with van der Waals surface area (Å²) in [6.07, 6.45) is 0.217. The first kappa shape index (κ1) is 16.0. The van der Waals surface area contributed by atoms with E-state index >= 15 is 0 Å². The van der Waals surface area contributed by atoms with Crippen LogP contribution in [0.2, 0.25) is 0 Å². The van der Waals surface area contributed by atoms with Crippen molar-refractivity contribution in [1.82, 2.24) is 9.80 Å². The summed E-state index contributed by atoms with van der Waals surface area (Å²) >= 11 is 0. The highest BCUT2D eigenvalue weighted by atomic mass is 16.5. The molecule has 126 valence electrons. The molecule has 0 aliphatic carbocycles. The maximum Gasteiger partial charge on any atom is 0.409 e. The van der Waals surface area contributed by atoms with E-state index in [1.165, 1.54) is 7.11 Å². The molecule has 2 heterocycles. The fraction of sp³-hybridized carbons (Fsp3) is 0.353. The monoisotopic (exact) mass is 330 g/mol. The van der Waals surface area contributed by atoms with E-state index in [2.05, 4.69) is 0 Å². The van der Waals surface area contributed by atoms with Crippen LogP contribution in [-0.2, 0) is 4.74 Å². The Bertz CT molecular complexity index is 829. The Morgan fingerprint density at radius 3 is 2.58 bits per heavy atom. The van der Waals surface area contributed by atoms with Crippen LogP contribution in [0.3, 0.4) is 0 Å². The zero-order chi connectivity index (χ0) is 17.1. The van der Waals surface area contributed by atoms with Crippen molar-refractivity contribution in [3.63, 3.8) is 0 Å². The van der Waals surface area contributed by atoms with Crippen LogP contribution in [0.4, 0.5) is 4.79 Å². The van der Waals surface area contributed by atoms with Gasteiger partial charge in [-0.15, -0.1) is 0 Å². The van der Waals surface area contributed by atoms with Crippen molar-refractivity contribution >= 4 is 23.0 Å². The maximum atomic E-state index is 12.7. The predicted molar refractivity (Wildman–Crippen MR) is 87.0 cm³/mol. The van der Waals surface area contributed by atoms with E-state index in [1.807, 2.05) is 6.07 Å². The largest absolute Gasteiger partial charge is 0.453 e. The predicted octanol–water partition coefficient (Wildman–Crippen LogP) is 1.71. The van der Waals surface area contributed by atoms with Gasteiger partial charge in [0.05, 0.1) is 7.11 Å². The minimum Gasteiger partial charge on any atom is -0.453 e. The fourth-order valence-electron chi connectivity index (χ4n) is 2.81. The van der Waals surface area contributed by atoms with Crippen molar-refractivity contribution in [2.24, 2.45) is 0 Å². The molecule has 2 amide bonds. The number of benzene rings is 1. The molecular formula is C17H18N2O5. The van der Waals surface area contributed by atoms with Gasteiger partial charge in [-0.25, -0.2) is 9.59 Å². The smallest absolute Gasteiger partial charge is 0.409 e. The second kappa shape index (κ2) is 6.74. The Morgan fingerprint density at radius 2 is 1.79 bits per heavy atom. The molecule has 1 aliphatic rings. The number of ether oxygens (including phenoxy) is 1.